The van der Waals surface area contributed by atoms with Gasteiger partial charge in [0.25, 0.3) is 5.91 Å². The van der Waals surface area contributed by atoms with E-state index in [0.29, 0.717) is 18.7 Å². The van der Waals surface area contributed by atoms with Gasteiger partial charge < -0.3 is 14.1 Å². The number of carbonyl (C=O) groups is 1. The van der Waals surface area contributed by atoms with E-state index in [-0.39, 0.29) is 11.3 Å². The summed E-state index contributed by atoms with van der Waals surface area (Å²) in [4.78, 5) is 14.9. The molecule has 1 aromatic heterocycles. The van der Waals surface area contributed by atoms with Crippen LogP contribution in [0.2, 0.25) is 0 Å². The lowest BCUT2D eigenvalue weighted by molar-refractivity contribution is 0.0717. The third kappa shape index (κ3) is 4.83. The van der Waals surface area contributed by atoms with Crippen LogP contribution in [0, 0.1) is 0 Å². The highest BCUT2D eigenvalue weighted by Gasteiger charge is 2.19. The molecule has 1 amide bonds. The number of methoxy groups -OCH3 is 1. The molecule has 0 saturated heterocycles. The zero-order valence-corrected chi connectivity index (χ0v) is 16.9. The third-order valence-electron chi connectivity index (χ3n) is 4.74. The first-order valence-corrected chi connectivity index (χ1v) is 9.42. The molecule has 0 radical (unpaired) electrons. The van der Waals surface area contributed by atoms with Gasteiger partial charge in [0.1, 0.15) is 11.5 Å². The minimum atomic E-state index is -0.0426. The van der Waals surface area contributed by atoms with Gasteiger partial charge in [-0.1, -0.05) is 45.0 Å². The zero-order valence-electron chi connectivity index (χ0n) is 16.9. The highest BCUT2D eigenvalue weighted by atomic mass is 16.5. The molecule has 0 aliphatic heterocycles. The van der Waals surface area contributed by atoms with Crippen LogP contribution in [-0.4, -0.2) is 17.9 Å². The van der Waals surface area contributed by atoms with Crippen molar-refractivity contribution < 1.29 is 13.9 Å². The van der Waals surface area contributed by atoms with E-state index in [2.05, 4.69) is 45.0 Å². The van der Waals surface area contributed by atoms with Crippen molar-refractivity contribution in [2.24, 2.45) is 0 Å². The summed E-state index contributed by atoms with van der Waals surface area (Å²) in [7, 11) is 1.61. The fourth-order valence-electron chi connectivity index (χ4n) is 3.04. The molecular weight excluding hydrogens is 350 g/mol. The molecule has 0 fully saturated rings. The first kappa shape index (κ1) is 19.7. The first-order chi connectivity index (χ1) is 13.4. The Bertz CT molecular complexity index is 889. The average molecular weight is 377 g/mol. The Kier molecular flexibility index (Phi) is 5.88. The maximum absolute atomic E-state index is 13.1. The van der Waals surface area contributed by atoms with Gasteiger partial charge in [0, 0.05) is 12.1 Å². The lowest BCUT2D eigenvalue weighted by atomic mass is 9.87. The zero-order chi connectivity index (χ0) is 20.1. The van der Waals surface area contributed by atoms with Gasteiger partial charge in [0.15, 0.2) is 0 Å². The molecule has 0 unspecified atom stereocenters. The second kappa shape index (κ2) is 8.34. The summed E-state index contributed by atoms with van der Waals surface area (Å²) in [6.07, 6.45) is 1.63. The molecular formula is C24H27NO3. The fraction of sp³-hybridized carbons (Fsp3) is 0.292. The van der Waals surface area contributed by atoms with Crippen molar-refractivity contribution in [1.82, 2.24) is 4.90 Å². The standard InChI is InChI=1S/C24H27NO3/c1-24(2,3)20-11-7-18(8-12-20)16-25(17-22-6-5-15-28-22)23(26)19-9-13-21(27-4)14-10-19/h5-15H,16-17H2,1-4H3. The molecule has 1 heterocycles. The first-order valence-electron chi connectivity index (χ1n) is 9.42. The molecule has 28 heavy (non-hydrogen) atoms. The van der Waals surface area contributed by atoms with Crippen molar-refractivity contribution >= 4 is 5.91 Å². The van der Waals surface area contributed by atoms with E-state index in [1.54, 1.807) is 42.5 Å². The molecule has 0 aliphatic rings. The van der Waals surface area contributed by atoms with Crippen LogP contribution in [0.25, 0.3) is 0 Å². The summed E-state index contributed by atoms with van der Waals surface area (Å²) in [5, 5.41) is 0. The summed E-state index contributed by atoms with van der Waals surface area (Å²) in [6, 6.07) is 19.4. The van der Waals surface area contributed by atoms with Crippen molar-refractivity contribution in [2.75, 3.05) is 7.11 Å². The largest absolute Gasteiger partial charge is 0.497 e. The van der Waals surface area contributed by atoms with Crippen LogP contribution in [0.1, 0.15) is 48.0 Å². The third-order valence-corrected chi connectivity index (χ3v) is 4.74. The Labute approximate surface area is 166 Å². The van der Waals surface area contributed by atoms with Gasteiger partial charge >= 0.3 is 0 Å². The predicted octanol–water partition coefficient (Wildman–Crippen LogP) is 5.43. The monoisotopic (exact) mass is 377 g/mol. The molecule has 4 heteroatoms. The normalized spacial score (nSPS) is 11.3. The number of nitrogens with zero attached hydrogens (tertiary/aromatic N) is 1. The Morgan fingerprint density at radius 2 is 1.64 bits per heavy atom. The van der Waals surface area contributed by atoms with Crippen molar-refractivity contribution in [3.8, 4) is 5.75 Å². The van der Waals surface area contributed by atoms with Crippen molar-refractivity contribution in [3.63, 3.8) is 0 Å². The van der Waals surface area contributed by atoms with E-state index in [9.17, 15) is 4.79 Å². The second-order valence-electron chi connectivity index (χ2n) is 7.92. The summed E-state index contributed by atoms with van der Waals surface area (Å²) < 4.78 is 10.7. The van der Waals surface area contributed by atoms with Crippen molar-refractivity contribution in [2.45, 2.75) is 39.3 Å². The molecule has 3 rings (SSSR count). The van der Waals surface area contributed by atoms with E-state index in [1.165, 1.54) is 5.56 Å². The molecule has 3 aromatic rings. The molecule has 0 saturated carbocycles. The Balaban J connectivity index is 1.83. The number of benzene rings is 2. The Morgan fingerprint density at radius 3 is 2.18 bits per heavy atom. The van der Waals surface area contributed by atoms with Gasteiger partial charge in [-0.3, -0.25) is 4.79 Å². The van der Waals surface area contributed by atoms with Crippen molar-refractivity contribution in [1.29, 1.82) is 0 Å². The van der Waals surface area contributed by atoms with Crippen LogP contribution in [0.15, 0.2) is 71.3 Å². The van der Waals surface area contributed by atoms with Gasteiger partial charge in [-0.2, -0.15) is 0 Å². The molecule has 0 N–H and O–H groups in total. The molecule has 0 bridgehead atoms. The highest BCUT2D eigenvalue weighted by Crippen LogP contribution is 2.23. The smallest absolute Gasteiger partial charge is 0.254 e. The van der Waals surface area contributed by atoms with Crippen LogP contribution in [-0.2, 0) is 18.5 Å². The lowest BCUT2D eigenvalue weighted by Crippen LogP contribution is -2.30. The number of amides is 1. The van der Waals surface area contributed by atoms with Gasteiger partial charge in [0.2, 0.25) is 0 Å². The number of carbonyl (C=O) groups excluding carboxylic acids is 1. The number of rotatable bonds is 6. The molecule has 4 nitrogen and oxygen atoms in total. The fourth-order valence-corrected chi connectivity index (χ4v) is 3.04. The van der Waals surface area contributed by atoms with Gasteiger partial charge in [0.05, 0.1) is 19.9 Å². The van der Waals surface area contributed by atoms with E-state index >= 15 is 0 Å². The van der Waals surface area contributed by atoms with Gasteiger partial charge in [-0.15, -0.1) is 0 Å². The summed E-state index contributed by atoms with van der Waals surface area (Å²) in [5.41, 5.74) is 3.08. The number of hydrogen-bond acceptors (Lipinski definition) is 3. The minimum absolute atomic E-state index is 0.0426. The van der Waals surface area contributed by atoms with Crippen LogP contribution in [0.4, 0.5) is 0 Å². The Morgan fingerprint density at radius 1 is 0.964 bits per heavy atom. The number of ether oxygens (including phenoxy) is 1. The summed E-state index contributed by atoms with van der Waals surface area (Å²) in [6.45, 7) is 7.50. The van der Waals surface area contributed by atoms with Crippen LogP contribution in [0.5, 0.6) is 5.75 Å². The minimum Gasteiger partial charge on any atom is -0.497 e. The maximum atomic E-state index is 13.1. The number of hydrogen-bond donors (Lipinski definition) is 0. The quantitative estimate of drug-likeness (QED) is 0.575. The second-order valence-corrected chi connectivity index (χ2v) is 7.92. The average Bonchev–Trinajstić information content (AvgIpc) is 3.20. The van der Waals surface area contributed by atoms with Gasteiger partial charge in [-0.05, 0) is 52.9 Å². The van der Waals surface area contributed by atoms with Crippen molar-refractivity contribution in [3.05, 3.63) is 89.4 Å². The van der Waals surface area contributed by atoms with Crippen LogP contribution < -0.4 is 4.74 Å². The SMILES string of the molecule is COc1ccc(C(=O)N(Cc2ccc(C(C)(C)C)cc2)Cc2ccco2)cc1. The Hall–Kier alpha value is -3.01. The van der Waals surface area contributed by atoms with E-state index in [1.807, 2.05) is 12.1 Å². The maximum Gasteiger partial charge on any atom is 0.254 e. The van der Waals surface area contributed by atoms with Crippen LogP contribution >= 0.6 is 0 Å². The molecule has 0 aliphatic carbocycles. The lowest BCUT2D eigenvalue weighted by Gasteiger charge is -2.23. The summed E-state index contributed by atoms with van der Waals surface area (Å²) >= 11 is 0. The molecule has 0 spiro atoms. The summed E-state index contributed by atoms with van der Waals surface area (Å²) in [5.74, 6) is 1.44. The van der Waals surface area contributed by atoms with E-state index in [0.717, 1.165) is 17.1 Å². The number of furan rings is 1. The molecule has 2 aromatic carbocycles. The predicted molar refractivity (Wildman–Crippen MR) is 110 cm³/mol. The van der Waals surface area contributed by atoms with Crippen LogP contribution in [0.3, 0.4) is 0 Å². The molecule has 0 atom stereocenters. The van der Waals surface area contributed by atoms with E-state index < -0.39 is 0 Å². The topological polar surface area (TPSA) is 42.7 Å². The highest BCUT2D eigenvalue weighted by molar-refractivity contribution is 5.94. The molecule has 146 valence electrons. The van der Waals surface area contributed by atoms with Gasteiger partial charge in [-0.25, -0.2) is 0 Å². The van der Waals surface area contributed by atoms with E-state index in [4.69, 9.17) is 9.15 Å².